The molecule has 1 aromatic heterocycles. The van der Waals surface area contributed by atoms with E-state index in [-0.39, 0.29) is 36.3 Å². The highest BCUT2D eigenvalue weighted by Gasteiger charge is 2.28. The molecule has 0 aromatic carbocycles. The Bertz CT molecular complexity index is 621. The summed E-state index contributed by atoms with van der Waals surface area (Å²) >= 11 is 0. The first-order chi connectivity index (χ1) is 9.88. The van der Waals surface area contributed by atoms with Gasteiger partial charge in [-0.15, -0.1) is 0 Å². The standard InChI is InChI=1S/C15H21N3O3/c1-9-6-10(2)17-15(21)12(9)8-16-14(20)11-4-5-18(3)13(19)7-11/h6,11H,4-5,7-8H2,1-3H3,(H,16,20)(H,17,21)/t11-/m0/s1. The molecule has 1 aromatic rings. The molecule has 2 rings (SSSR count). The van der Waals surface area contributed by atoms with Gasteiger partial charge in [0.2, 0.25) is 11.8 Å². The molecule has 1 fully saturated rings. The Morgan fingerprint density at radius 2 is 2.14 bits per heavy atom. The van der Waals surface area contributed by atoms with Crippen LogP contribution >= 0.6 is 0 Å². The molecule has 2 amide bonds. The second-order valence-electron chi connectivity index (χ2n) is 5.67. The zero-order valence-corrected chi connectivity index (χ0v) is 12.7. The van der Waals surface area contributed by atoms with Crippen LogP contribution in [0.4, 0.5) is 0 Å². The van der Waals surface area contributed by atoms with Crippen molar-refractivity contribution < 1.29 is 9.59 Å². The number of amides is 2. The normalized spacial score (nSPS) is 18.7. The lowest BCUT2D eigenvalue weighted by Gasteiger charge is -2.27. The molecular formula is C15H21N3O3. The van der Waals surface area contributed by atoms with E-state index in [1.807, 2.05) is 19.9 Å². The zero-order chi connectivity index (χ0) is 15.6. The van der Waals surface area contributed by atoms with E-state index in [2.05, 4.69) is 10.3 Å². The first-order valence-corrected chi connectivity index (χ1v) is 7.09. The molecule has 0 aliphatic carbocycles. The molecule has 6 heteroatoms. The number of aromatic nitrogens is 1. The van der Waals surface area contributed by atoms with Crippen LogP contribution in [0.1, 0.15) is 29.7 Å². The maximum Gasteiger partial charge on any atom is 0.253 e. The Morgan fingerprint density at radius 1 is 1.43 bits per heavy atom. The molecule has 1 saturated heterocycles. The van der Waals surface area contributed by atoms with E-state index in [0.29, 0.717) is 18.5 Å². The van der Waals surface area contributed by atoms with Crippen molar-refractivity contribution in [2.24, 2.45) is 5.92 Å². The van der Waals surface area contributed by atoms with E-state index in [1.54, 1.807) is 11.9 Å². The minimum Gasteiger partial charge on any atom is -0.352 e. The lowest BCUT2D eigenvalue weighted by atomic mass is 9.95. The summed E-state index contributed by atoms with van der Waals surface area (Å²) in [4.78, 5) is 40.0. The lowest BCUT2D eigenvalue weighted by Crippen LogP contribution is -2.42. The first kappa shape index (κ1) is 15.3. The SMILES string of the molecule is Cc1cc(C)c(CNC(=O)[C@H]2CCN(C)C(=O)C2)c(=O)[nH]1. The van der Waals surface area contributed by atoms with Crippen LogP contribution < -0.4 is 10.9 Å². The van der Waals surface area contributed by atoms with Crippen LogP contribution in [0.2, 0.25) is 0 Å². The molecule has 114 valence electrons. The van der Waals surface area contributed by atoms with Crippen LogP contribution in [0.25, 0.3) is 0 Å². The Morgan fingerprint density at radius 3 is 2.76 bits per heavy atom. The van der Waals surface area contributed by atoms with Gasteiger partial charge in [-0.05, 0) is 31.9 Å². The summed E-state index contributed by atoms with van der Waals surface area (Å²) in [7, 11) is 1.74. The second-order valence-corrected chi connectivity index (χ2v) is 5.67. The molecule has 0 saturated carbocycles. The van der Waals surface area contributed by atoms with E-state index in [1.165, 1.54) is 0 Å². The van der Waals surface area contributed by atoms with Crippen LogP contribution in [0.5, 0.6) is 0 Å². The van der Waals surface area contributed by atoms with Crippen LogP contribution in [-0.2, 0) is 16.1 Å². The monoisotopic (exact) mass is 291 g/mol. The average molecular weight is 291 g/mol. The predicted octanol–water partition coefficient (Wildman–Crippen LogP) is 0.476. The topological polar surface area (TPSA) is 82.3 Å². The van der Waals surface area contributed by atoms with Gasteiger partial charge in [0.1, 0.15) is 0 Å². The number of H-pyrrole nitrogens is 1. The quantitative estimate of drug-likeness (QED) is 0.849. The largest absolute Gasteiger partial charge is 0.352 e. The van der Waals surface area contributed by atoms with E-state index in [9.17, 15) is 14.4 Å². The molecule has 21 heavy (non-hydrogen) atoms. The minimum atomic E-state index is -0.293. The third-order valence-corrected chi connectivity index (χ3v) is 3.96. The number of hydrogen-bond donors (Lipinski definition) is 2. The smallest absolute Gasteiger partial charge is 0.253 e. The predicted molar refractivity (Wildman–Crippen MR) is 78.7 cm³/mol. The van der Waals surface area contributed by atoms with Gasteiger partial charge in [0.15, 0.2) is 0 Å². The zero-order valence-electron chi connectivity index (χ0n) is 12.7. The summed E-state index contributed by atoms with van der Waals surface area (Å²) in [5.41, 5.74) is 2.05. The summed E-state index contributed by atoms with van der Waals surface area (Å²) in [6.07, 6.45) is 0.906. The number of hydrogen-bond acceptors (Lipinski definition) is 3. The summed E-state index contributed by atoms with van der Waals surface area (Å²) in [6.45, 7) is 4.46. The van der Waals surface area contributed by atoms with Crippen LogP contribution in [0, 0.1) is 19.8 Å². The van der Waals surface area contributed by atoms with Gasteiger partial charge in [0, 0.05) is 43.7 Å². The number of piperidine rings is 1. The minimum absolute atomic E-state index is 0.00855. The molecule has 1 aliphatic rings. The van der Waals surface area contributed by atoms with Gasteiger partial charge >= 0.3 is 0 Å². The number of nitrogens with zero attached hydrogens (tertiary/aromatic N) is 1. The van der Waals surface area contributed by atoms with E-state index in [4.69, 9.17) is 0 Å². The summed E-state index contributed by atoms with van der Waals surface area (Å²) < 4.78 is 0. The second kappa shape index (κ2) is 6.11. The van der Waals surface area contributed by atoms with Crippen molar-refractivity contribution in [1.29, 1.82) is 0 Å². The Kier molecular flexibility index (Phi) is 4.45. The fraction of sp³-hybridized carbons (Fsp3) is 0.533. The van der Waals surface area contributed by atoms with Gasteiger partial charge in [-0.25, -0.2) is 0 Å². The van der Waals surface area contributed by atoms with Gasteiger partial charge in [0.25, 0.3) is 5.56 Å². The van der Waals surface area contributed by atoms with Crippen LogP contribution in [0.15, 0.2) is 10.9 Å². The van der Waals surface area contributed by atoms with Crippen molar-refractivity contribution in [3.05, 3.63) is 33.2 Å². The summed E-state index contributed by atoms with van der Waals surface area (Å²) in [6, 6.07) is 1.88. The molecule has 6 nitrogen and oxygen atoms in total. The molecule has 1 atom stereocenters. The summed E-state index contributed by atoms with van der Waals surface area (Å²) in [5.74, 6) is -0.458. The lowest BCUT2D eigenvalue weighted by molar-refractivity contribution is -0.139. The third-order valence-electron chi connectivity index (χ3n) is 3.96. The first-order valence-electron chi connectivity index (χ1n) is 7.09. The van der Waals surface area contributed by atoms with Gasteiger partial charge in [-0.1, -0.05) is 0 Å². The number of carbonyl (C=O) groups is 2. The highest BCUT2D eigenvalue weighted by molar-refractivity contribution is 5.86. The molecular weight excluding hydrogens is 270 g/mol. The summed E-state index contributed by atoms with van der Waals surface area (Å²) in [5, 5.41) is 2.78. The number of aromatic amines is 1. The van der Waals surface area contributed by atoms with Crippen molar-refractivity contribution in [2.45, 2.75) is 33.2 Å². The molecule has 0 bridgehead atoms. The van der Waals surface area contributed by atoms with Gasteiger partial charge in [-0.3, -0.25) is 14.4 Å². The fourth-order valence-corrected chi connectivity index (χ4v) is 2.59. The van der Waals surface area contributed by atoms with E-state index >= 15 is 0 Å². The molecule has 1 aliphatic heterocycles. The molecule has 2 N–H and O–H groups in total. The number of pyridine rings is 1. The average Bonchev–Trinajstić information content (AvgIpc) is 2.40. The van der Waals surface area contributed by atoms with Crippen molar-refractivity contribution in [1.82, 2.24) is 15.2 Å². The van der Waals surface area contributed by atoms with Gasteiger partial charge in [0.05, 0.1) is 0 Å². The maximum absolute atomic E-state index is 12.1. The Hall–Kier alpha value is -2.11. The fourth-order valence-electron chi connectivity index (χ4n) is 2.59. The van der Waals surface area contributed by atoms with Crippen molar-refractivity contribution in [2.75, 3.05) is 13.6 Å². The Labute approximate surface area is 123 Å². The molecule has 2 heterocycles. The van der Waals surface area contributed by atoms with Crippen LogP contribution in [0.3, 0.4) is 0 Å². The molecule has 0 unspecified atom stereocenters. The highest BCUT2D eigenvalue weighted by atomic mass is 16.2. The van der Waals surface area contributed by atoms with E-state index in [0.717, 1.165) is 11.3 Å². The van der Waals surface area contributed by atoms with Gasteiger partial charge < -0.3 is 15.2 Å². The number of rotatable bonds is 3. The van der Waals surface area contributed by atoms with Crippen molar-refractivity contribution in [3.8, 4) is 0 Å². The molecule has 0 spiro atoms. The Balaban J connectivity index is 1.99. The number of nitrogens with one attached hydrogen (secondary N) is 2. The maximum atomic E-state index is 12.1. The number of carbonyl (C=O) groups excluding carboxylic acids is 2. The van der Waals surface area contributed by atoms with Crippen molar-refractivity contribution >= 4 is 11.8 Å². The van der Waals surface area contributed by atoms with Crippen molar-refractivity contribution in [3.63, 3.8) is 0 Å². The number of likely N-dealkylation sites (tertiary alicyclic amines) is 1. The number of aryl methyl sites for hydroxylation is 2. The third kappa shape index (κ3) is 3.51. The highest BCUT2D eigenvalue weighted by Crippen LogP contribution is 2.17. The van der Waals surface area contributed by atoms with Crippen LogP contribution in [-0.4, -0.2) is 35.3 Å². The van der Waals surface area contributed by atoms with E-state index < -0.39 is 0 Å². The molecule has 0 radical (unpaired) electrons. The van der Waals surface area contributed by atoms with Gasteiger partial charge in [-0.2, -0.15) is 0 Å².